The van der Waals surface area contributed by atoms with Crippen LogP contribution in [-0.2, 0) is 16.0 Å². The molecular weight excluding hydrogens is 438 g/mol. The van der Waals surface area contributed by atoms with Crippen LogP contribution >= 0.6 is 11.6 Å². The molecule has 3 aromatic rings. The van der Waals surface area contributed by atoms with Gasteiger partial charge in [0.1, 0.15) is 6.04 Å². The average Bonchev–Trinajstić information content (AvgIpc) is 2.83. The Kier molecular flexibility index (Phi) is 6.94. The largest absolute Gasteiger partial charge is 0.344 e. The maximum Gasteiger partial charge on any atom is 0.253 e. The van der Waals surface area contributed by atoms with Crippen LogP contribution in [0.2, 0.25) is 5.02 Å². The summed E-state index contributed by atoms with van der Waals surface area (Å²) in [5.41, 5.74) is 1.59. The van der Waals surface area contributed by atoms with E-state index in [1.165, 1.54) is 6.92 Å². The second kappa shape index (κ2) is 10.0. The first-order valence-electron chi connectivity index (χ1n) is 11.0. The van der Waals surface area contributed by atoms with Crippen LogP contribution in [0.25, 0.3) is 10.8 Å². The number of halogens is 1. The minimum absolute atomic E-state index is 0.0760. The predicted octanol–water partition coefficient (Wildman–Crippen LogP) is 3.53. The van der Waals surface area contributed by atoms with Crippen LogP contribution in [0.15, 0.2) is 66.7 Å². The van der Waals surface area contributed by atoms with Gasteiger partial charge in [0.25, 0.3) is 5.91 Å². The molecule has 0 radical (unpaired) electrons. The summed E-state index contributed by atoms with van der Waals surface area (Å²) < 4.78 is 0. The number of fused-ring (bicyclic) bond motifs is 1. The number of nitrogens with one attached hydrogen (secondary N) is 1. The third kappa shape index (κ3) is 5.34. The number of piperazine rings is 1. The highest BCUT2D eigenvalue weighted by atomic mass is 35.5. The van der Waals surface area contributed by atoms with E-state index in [1.807, 2.05) is 42.5 Å². The van der Waals surface area contributed by atoms with Crippen molar-refractivity contribution in [3.8, 4) is 0 Å². The molecule has 4 rings (SSSR count). The van der Waals surface area contributed by atoms with Gasteiger partial charge >= 0.3 is 0 Å². The van der Waals surface area contributed by atoms with Crippen LogP contribution in [0.5, 0.6) is 0 Å². The van der Waals surface area contributed by atoms with Gasteiger partial charge in [-0.25, -0.2) is 0 Å². The topological polar surface area (TPSA) is 69.7 Å². The molecule has 1 heterocycles. The zero-order valence-corrected chi connectivity index (χ0v) is 19.2. The summed E-state index contributed by atoms with van der Waals surface area (Å²) in [5.74, 6) is -0.449. The Hall–Kier alpha value is -3.38. The molecular formula is C26H26ClN3O3. The molecule has 1 aliphatic rings. The number of carbonyl (C=O) groups excluding carboxylic acids is 3. The van der Waals surface area contributed by atoms with E-state index in [-0.39, 0.29) is 17.7 Å². The highest BCUT2D eigenvalue weighted by Crippen LogP contribution is 2.21. The molecule has 1 N–H and O–H groups in total. The molecule has 1 saturated heterocycles. The van der Waals surface area contributed by atoms with Crippen molar-refractivity contribution in [3.05, 3.63) is 82.9 Å². The van der Waals surface area contributed by atoms with Gasteiger partial charge in [-0.3, -0.25) is 14.4 Å². The molecule has 0 aliphatic carbocycles. The van der Waals surface area contributed by atoms with Gasteiger partial charge < -0.3 is 15.1 Å². The lowest BCUT2D eigenvalue weighted by atomic mass is 9.98. The van der Waals surface area contributed by atoms with Gasteiger partial charge in [0.15, 0.2) is 0 Å². The average molecular weight is 464 g/mol. The summed E-state index contributed by atoms with van der Waals surface area (Å²) in [4.78, 5) is 41.5. The van der Waals surface area contributed by atoms with E-state index in [2.05, 4.69) is 5.32 Å². The number of nitrogens with zero attached hydrogens (tertiary/aromatic N) is 2. The van der Waals surface area contributed by atoms with Crippen LogP contribution in [0.4, 0.5) is 0 Å². The fourth-order valence-corrected chi connectivity index (χ4v) is 4.39. The van der Waals surface area contributed by atoms with Crippen LogP contribution in [0, 0.1) is 0 Å². The quantitative estimate of drug-likeness (QED) is 0.629. The maximum atomic E-state index is 13.4. The van der Waals surface area contributed by atoms with E-state index >= 15 is 0 Å². The monoisotopic (exact) mass is 463 g/mol. The predicted molar refractivity (Wildman–Crippen MR) is 129 cm³/mol. The molecule has 33 heavy (non-hydrogen) atoms. The van der Waals surface area contributed by atoms with Gasteiger partial charge in [-0.2, -0.15) is 0 Å². The number of benzene rings is 3. The molecule has 3 amide bonds. The summed E-state index contributed by atoms with van der Waals surface area (Å²) in [5, 5.41) is 5.58. The van der Waals surface area contributed by atoms with E-state index in [1.54, 1.807) is 34.1 Å². The number of carbonyl (C=O) groups is 3. The zero-order chi connectivity index (χ0) is 23.4. The summed E-state index contributed by atoms with van der Waals surface area (Å²) in [6.07, 6.45) is 0.406. The highest BCUT2D eigenvalue weighted by Gasteiger charge is 2.30. The van der Waals surface area contributed by atoms with E-state index in [9.17, 15) is 14.4 Å². The first-order chi connectivity index (χ1) is 15.9. The lowest BCUT2D eigenvalue weighted by Crippen LogP contribution is -2.56. The molecule has 0 bridgehead atoms. The van der Waals surface area contributed by atoms with Crippen molar-refractivity contribution in [3.63, 3.8) is 0 Å². The van der Waals surface area contributed by atoms with Crippen LogP contribution in [0.3, 0.4) is 0 Å². The van der Waals surface area contributed by atoms with Crippen LogP contribution in [0.1, 0.15) is 22.8 Å². The van der Waals surface area contributed by atoms with Crippen molar-refractivity contribution >= 4 is 40.1 Å². The molecule has 0 unspecified atom stereocenters. The Labute approximate surface area is 198 Å². The number of hydrogen-bond acceptors (Lipinski definition) is 3. The Bertz CT molecular complexity index is 1170. The Morgan fingerprint density at radius 2 is 1.52 bits per heavy atom. The molecule has 0 aromatic heterocycles. The Morgan fingerprint density at radius 1 is 0.879 bits per heavy atom. The van der Waals surface area contributed by atoms with Crippen molar-refractivity contribution < 1.29 is 14.4 Å². The first kappa shape index (κ1) is 22.8. The number of rotatable bonds is 5. The minimum atomic E-state index is -0.660. The molecule has 0 spiro atoms. The van der Waals surface area contributed by atoms with Crippen molar-refractivity contribution in [2.45, 2.75) is 19.4 Å². The maximum absolute atomic E-state index is 13.4. The Balaban J connectivity index is 1.45. The fraction of sp³-hybridized carbons (Fsp3) is 0.269. The van der Waals surface area contributed by atoms with Crippen molar-refractivity contribution in [1.82, 2.24) is 15.1 Å². The van der Waals surface area contributed by atoms with Crippen LogP contribution in [-0.4, -0.2) is 59.7 Å². The fourth-order valence-electron chi connectivity index (χ4n) is 4.26. The molecule has 1 aliphatic heterocycles. The summed E-state index contributed by atoms with van der Waals surface area (Å²) >= 11 is 5.91. The third-order valence-corrected chi connectivity index (χ3v) is 6.20. The molecule has 0 saturated carbocycles. The van der Waals surface area contributed by atoms with Gasteiger partial charge in [0.2, 0.25) is 11.8 Å². The standard InChI is InChI=1S/C26H26ClN3O3/c1-18(31)28-24(17-21-7-4-6-19-5-2-3-8-23(19)21)26(33)30-15-13-29(14-16-30)25(32)20-9-11-22(27)12-10-20/h2-12,24H,13-17H2,1H3,(H,28,31)/t24-/m0/s1. The number of amides is 3. The molecule has 3 aromatic carbocycles. The molecule has 170 valence electrons. The van der Waals surface area contributed by atoms with Crippen molar-refractivity contribution in [2.75, 3.05) is 26.2 Å². The van der Waals surface area contributed by atoms with Crippen molar-refractivity contribution in [1.29, 1.82) is 0 Å². The lowest BCUT2D eigenvalue weighted by molar-refractivity contribution is -0.137. The van der Waals surface area contributed by atoms with Gasteiger partial charge in [-0.1, -0.05) is 54.1 Å². The summed E-state index contributed by atoms with van der Waals surface area (Å²) in [6, 6.07) is 20.1. The second-order valence-electron chi connectivity index (χ2n) is 8.22. The molecule has 1 fully saturated rings. The van der Waals surface area contributed by atoms with E-state index in [0.717, 1.165) is 16.3 Å². The van der Waals surface area contributed by atoms with E-state index in [4.69, 9.17) is 11.6 Å². The van der Waals surface area contributed by atoms with E-state index in [0.29, 0.717) is 43.2 Å². The van der Waals surface area contributed by atoms with Gasteiger partial charge in [0, 0.05) is 50.1 Å². The van der Waals surface area contributed by atoms with Crippen LogP contribution < -0.4 is 5.32 Å². The minimum Gasteiger partial charge on any atom is -0.344 e. The number of hydrogen-bond donors (Lipinski definition) is 1. The smallest absolute Gasteiger partial charge is 0.253 e. The summed E-state index contributed by atoms with van der Waals surface area (Å²) in [6.45, 7) is 3.14. The first-order valence-corrected chi connectivity index (χ1v) is 11.4. The van der Waals surface area contributed by atoms with Crippen molar-refractivity contribution in [2.24, 2.45) is 0 Å². The summed E-state index contributed by atoms with van der Waals surface area (Å²) in [7, 11) is 0. The SMILES string of the molecule is CC(=O)N[C@@H](Cc1cccc2ccccc12)C(=O)N1CCN(C(=O)c2ccc(Cl)cc2)CC1. The Morgan fingerprint density at radius 3 is 2.21 bits per heavy atom. The van der Waals surface area contributed by atoms with Gasteiger partial charge in [0.05, 0.1) is 0 Å². The molecule has 7 heteroatoms. The normalized spacial score (nSPS) is 14.7. The molecule has 1 atom stereocenters. The second-order valence-corrected chi connectivity index (χ2v) is 8.66. The zero-order valence-electron chi connectivity index (χ0n) is 18.5. The third-order valence-electron chi connectivity index (χ3n) is 5.95. The van der Waals surface area contributed by atoms with Gasteiger partial charge in [-0.05, 0) is 40.6 Å². The molecule has 6 nitrogen and oxygen atoms in total. The van der Waals surface area contributed by atoms with E-state index < -0.39 is 6.04 Å². The van der Waals surface area contributed by atoms with Gasteiger partial charge in [-0.15, -0.1) is 0 Å². The highest BCUT2D eigenvalue weighted by molar-refractivity contribution is 6.30. The lowest BCUT2D eigenvalue weighted by Gasteiger charge is -2.36.